The Kier molecular flexibility index (Phi) is 3.11. The van der Waals surface area contributed by atoms with Gasteiger partial charge in [0.25, 0.3) is 0 Å². The third kappa shape index (κ3) is 2.61. The molecule has 0 unspecified atom stereocenters. The van der Waals surface area contributed by atoms with Crippen LogP contribution in [-0.2, 0) is 0 Å². The number of aromatic hydroxyl groups is 2. The van der Waals surface area contributed by atoms with E-state index < -0.39 is 6.10 Å². The van der Waals surface area contributed by atoms with E-state index in [2.05, 4.69) is 5.32 Å². The van der Waals surface area contributed by atoms with Crippen LogP contribution < -0.4 is 5.32 Å². The summed E-state index contributed by atoms with van der Waals surface area (Å²) < 4.78 is 0. The molecule has 0 aliphatic carbocycles. The lowest BCUT2D eigenvalue weighted by Gasteiger charge is -2.10. The molecule has 13 heavy (non-hydrogen) atoms. The van der Waals surface area contributed by atoms with Crippen LogP contribution >= 0.6 is 0 Å². The monoisotopic (exact) mass is 183 g/mol. The molecule has 0 saturated heterocycles. The normalized spacial score (nSPS) is 12.8. The number of phenols is 2. The van der Waals surface area contributed by atoms with Crippen LogP contribution in [0, 0.1) is 0 Å². The fourth-order valence-electron chi connectivity index (χ4n) is 1.12. The van der Waals surface area contributed by atoms with Crippen LogP contribution in [0.3, 0.4) is 0 Å². The second kappa shape index (κ2) is 4.11. The average Bonchev–Trinajstić information content (AvgIpc) is 2.03. The Morgan fingerprint density at radius 1 is 1.23 bits per heavy atom. The summed E-state index contributed by atoms with van der Waals surface area (Å²) in [4.78, 5) is 0. The zero-order chi connectivity index (χ0) is 9.84. The molecule has 4 heteroatoms. The van der Waals surface area contributed by atoms with Crippen molar-refractivity contribution in [1.82, 2.24) is 5.32 Å². The van der Waals surface area contributed by atoms with Gasteiger partial charge in [0.2, 0.25) is 0 Å². The minimum atomic E-state index is -0.719. The Balaban J connectivity index is 2.87. The van der Waals surface area contributed by atoms with Gasteiger partial charge in [-0.1, -0.05) is 0 Å². The molecular weight excluding hydrogens is 170 g/mol. The van der Waals surface area contributed by atoms with E-state index in [-0.39, 0.29) is 11.5 Å². The number of aliphatic hydroxyl groups is 1. The largest absolute Gasteiger partial charge is 0.508 e. The lowest BCUT2D eigenvalue weighted by molar-refractivity contribution is 0.177. The number of hydrogen-bond donors (Lipinski definition) is 4. The molecule has 0 bridgehead atoms. The minimum absolute atomic E-state index is 0.0508. The smallest absolute Gasteiger partial charge is 0.119 e. The van der Waals surface area contributed by atoms with Crippen molar-refractivity contribution in [3.63, 3.8) is 0 Å². The molecule has 0 saturated carbocycles. The first kappa shape index (κ1) is 9.83. The summed E-state index contributed by atoms with van der Waals surface area (Å²) in [5, 5.41) is 30.5. The Morgan fingerprint density at radius 2 is 1.77 bits per heavy atom. The molecular formula is C9H13NO3. The first-order chi connectivity index (χ1) is 6.13. The highest BCUT2D eigenvalue weighted by molar-refractivity contribution is 5.37. The number of nitrogens with one attached hydrogen (secondary N) is 1. The highest BCUT2D eigenvalue weighted by atomic mass is 16.3. The lowest BCUT2D eigenvalue weighted by atomic mass is 10.1. The summed E-state index contributed by atoms with van der Waals surface area (Å²) in [5.74, 6) is -0.102. The molecule has 1 rings (SSSR count). The van der Waals surface area contributed by atoms with Gasteiger partial charge in [0, 0.05) is 12.6 Å². The topological polar surface area (TPSA) is 72.7 Å². The van der Waals surface area contributed by atoms with Gasteiger partial charge in [-0.3, -0.25) is 0 Å². The molecule has 0 spiro atoms. The first-order valence-electron chi connectivity index (χ1n) is 3.99. The van der Waals surface area contributed by atoms with Gasteiger partial charge >= 0.3 is 0 Å². The molecule has 0 aliphatic rings. The first-order valence-corrected chi connectivity index (χ1v) is 3.99. The van der Waals surface area contributed by atoms with Crippen molar-refractivity contribution in [2.45, 2.75) is 6.10 Å². The van der Waals surface area contributed by atoms with Gasteiger partial charge in [0.15, 0.2) is 0 Å². The Bertz CT molecular complexity index is 268. The van der Waals surface area contributed by atoms with Gasteiger partial charge in [-0.05, 0) is 24.7 Å². The highest BCUT2D eigenvalue weighted by Crippen LogP contribution is 2.24. The number of aliphatic hydroxyl groups excluding tert-OH is 1. The molecule has 1 aromatic rings. The zero-order valence-corrected chi connectivity index (χ0v) is 7.36. The maximum Gasteiger partial charge on any atom is 0.119 e. The van der Waals surface area contributed by atoms with E-state index in [9.17, 15) is 5.11 Å². The maximum absolute atomic E-state index is 9.48. The molecule has 72 valence electrons. The van der Waals surface area contributed by atoms with E-state index in [1.807, 2.05) is 0 Å². The van der Waals surface area contributed by atoms with Crippen molar-refractivity contribution in [3.8, 4) is 11.5 Å². The second-order valence-electron chi connectivity index (χ2n) is 2.86. The third-order valence-electron chi connectivity index (χ3n) is 1.71. The van der Waals surface area contributed by atoms with Crippen LogP contribution in [0.25, 0.3) is 0 Å². The molecule has 0 heterocycles. The molecule has 0 amide bonds. The predicted molar refractivity (Wildman–Crippen MR) is 48.7 cm³/mol. The number of phenolic OH excluding ortho intramolecular Hbond substituents is 2. The summed E-state index contributed by atoms with van der Waals surface area (Å²) in [6.45, 7) is 0.378. The van der Waals surface area contributed by atoms with E-state index in [0.29, 0.717) is 12.1 Å². The molecule has 1 aromatic carbocycles. The molecule has 0 radical (unpaired) electrons. The number of likely N-dealkylation sites (N-methyl/N-ethyl adjacent to an activating group) is 1. The van der Waals surface area contributed by atoms with Crippen molar-refractivity contribution in [2.24, 2.45) is 0 Å². The number of benzene rings is 1. The van der Waals surface area contributed by atoms with Crippen LogP contribution in [0.5, 0.6) is 11.5 Å². The van der Waals surface area contributed by atoms with E-state index in [1.165, 1.54) is 18.2 Å². The van der Waals surface area contributed by atoms with Crippen molar-refractivity contribution in [3.05, 3.63) is 23.8 Å². The van der Waals surface area contributed by atoms with E-state index >= 15 is 0 Å². The molecule has 0 fully saturated rings. The maximum atomic E-state index is 9.48. The quantitative estimate of drug-likeness (QED) is 0.545. The molecule has 0 aliphatic heterocycles. The zero-order valence-electron chi connectivity index (χ0n) is 7.36. The molecule has 0 aromatic heterocycles. The fraction of sp³-hybridized carbons (Fsp3) is 0.333. The van der Waals surface area contributed by atoms with Gasteiger partial charge < -0.3 is 20.6 Å². The SMILES string of the molecule is CNC[C@H](O)c1cc(O)cc(O)c1. The van der Waals surface area contributed by atoms with Gasteiger partial charge in [-0.2, -0.15) is 0 Å². The summed E-state index contributed by atoms with van der Waals surface area (Å²) in [7, 11) is 1.71. The van der Waals surface area contributed by atoms with E-state index in [1.54, 1.807) is 7.05 Å². The van der Waals surface area contributed by atoms with Crippen LogP contribution in [0.1, 0.15) is 11.7 Å². The number of rotatable bonds is 3. The predicted octanol–water partition coefficient (Wildman–Crippen LogP) is 0.351. The molecule has 1 atom stereocenters. The van der Waals surface area contributed by atoms with Gasteiger partial charge in [0.05, 0.1) is 6.10 Å². The highest BCUT2D eigenvalue weighted by Gasteiger charge is 2.08. The van der Waals surface area contributed by atoms with Crippen LogP contribution in [-0.4, -0.2) is 28.9 Å². The summed E-state index contributed by atoms with van der Waals surface area (Å²) in [5.41, 5.74) is 0.492. The van der Waals surface area contributed by atoms with Gasteiger partial charge in [-0.25, -0.2) is 0 Å². The fourth-order valence-corrected chi connectivity index (χ4v) is 1.12. The average molecular weight is 183 g/mol. The third-order valence-corrected chi connectivity index (χ3v) is 1.71. The van der Waals surface area contributed by atoms with Crippen molar-refractivity contribution >= 4 is 0 Å². The van der Waals surface area contributed by atoms with Crippen LogP contribution in [0.15, 0.2) is 18.2 Å². The summed E-state index contributed by atoms with van der Waals surface area (Å²) in [6.07, 6.45) is -0.719. The van der Waals surface area contributed by atoms with Crippen molar-refractivity contribution in [1.29, 1.82) is 0 Å². The van der Waals surface area contributed by atoms with Crippen molar-refractivity contribution in [2.75, 3.05) is 13.6 Å². The molecule has 4 nitrogen and oxygen atoms in total. The van der Waals surface area contributed by atoms with Crippen molar-refractivity contribution < 1.29 is 15.3 Å². The van der Waals surface area contributed by atoms with Gasteiger partial charge in [-0.15, -0.1) is 0 Å². The number of hydrogen-bond acceptors (Lipinski definition) is 4. The van der Waals surface area contributed by atoms with Crippen LogP contribution in [0.2, 0.25) is 0 Å². The standard InChI is InChI=1S/C9H13NO3/c1-10-5-9(13)6-2-7(11)4-8(12)3-6/h2-4,9-13H,5H2,1H3/t9-/m0/s1. The Labute approximate surface area is 76.5 Å². The minimum Gasteiger partial charge on any atom is -0.508 e. The Hall–Kier alpha value is -1.26. The van der Waals surface area contributed by atoms with E-state index in [0.717, 1.165) is 0 Å². The lowest BCUT2D eigenvalue weighted by Crippen LogP contribution is -2.16. The summed E-state index contributed by atoms with van der Waals surface area (Å²) >= 11 is 0. The second-order valence-corrected chi connectivity index (χ2v) is 2.86. The van der Waals surface area contributed by atoms with Crippen LogP contribution in [0.4, 0.5) is 0 Å². The van der Waals surface area contributed by atoms with E-state index in [4.69, 9.17) is 10.2 Å². The Morgan fingerprint density at radius 3 is 2.23 bits per heavy atom. The molecule has 4 N–H and O–H groups in total. The van der Waals surface area contributed by atoms with Gasteiger partial charge in [0.1, 0.15) is 11.5 Å². The summed E-state index contributed by atoms with van der Waals surface area (Å²) in [6, 6.07) is 4.05.